The van der Waals surface area contributed by atoms with Crippen LogP contribution in [-0.2, 0) is 0 Å². The Labute approximate surface area is 59.6 Å². The van der Waals surface area contributed by atoms with Crippen molar-refractivity contribution < 1.29 is 4.52 Å². The standard InChI is InChI=1S/C6H4N2O3/c9-5-4-3(1-2-7-4)11-8-6(5)10/h1-2,7H,(H,8,10). The van der Waals surface area contributed by atoms with Gasteiger partial charge in [0.2, 0.25) is 0 Å². The molecule has 0 saturated heterocycles. The number of aromatic amines is 2. The largest absolute Gasteiger partial charge is 0.377 e. The van der Waals surface area contributed by atoms with E-state index in [1.54, 1.807) is 6.07 Å². The molecule has 0 unspecified atom stereocenters. The van der Waals surface area contributed by atoms with Crippen molar-refractivity contribution in [2.24, 2.45) is 0 Å². The fourth-order valence-electron chi connectivity index (χ4n) is 0.879. The Bertz CT molecular complexity index is 490. The topological polar surface area (TPSA) is 78.9 Å². The van der Waals surface area contributed by atoms with Crippen LogP contribution >= 0.6 is 0 Å². The van der Waals surface area contributed by atoms with Crippen LogP contribution in [0.1, 0.15) is 0 Å². The third-order valence-electron chi connectivity index (χ3n) is 1.40. The first-order valence-corrected chi connectivity index (χ1v) is 2.98. The lowest BCUT2D eigenvalue weighted by atomic mass is 10.4. The van der Waals surface area contributed by atoms with Crippen LogP contribution in [0.2, 0.25) is 0 Å². The summed E-state index contributed by atoms with van der Waals surface area (Å²) in [6.07, 6.45) is 1.53. The first-order chi connectivity index (χ1) is 5.29. The zero-order valence-corrected chi connectivity index (χ0v) is 5.38. The van der Waals surface area contributed by atoms with Crippen molar-refractivity contribution in [1.29, 1.82) is 0 Å². The number of aromatic nitrogens is 2. The minimum Gasteiger partial charge on any atom is -0.377 e. The van der Waals surface area contributed by atoms with Gasteiger partial charge in [-0.3, -0.25) is 9.59 Å². The van der Waals surface area contributed by atoms with E-state index in [0.717, 1.165) is 0 Å². The summed E-state index contributed by atoms with van der Waals surface area (Å²) in [4.78, 5) is 24.2. The van der Waals surface area contributed by atoms with E-state index >= 15 is 0 Å². The molecule has 11 heavy (non-hydrogen) atoms. The average molecular weight is 152 g/mol. The molecule has 0 aromatic carbocycles. The van der Waals surface area contributed by atoms with Crippen LogP contribution in [0.5, 0.6) is 0 Å². The third-order valence-corrected chi connectivity index (χ3v) is 1.40. The lowest BCUT2D eigenvalue weighted by molar-refractivity contribution is 0.430. The summed E-state index contributed by atoms with van der Waals surface area (Å²) in [5, 5.41) is 1.97. The van der Waals surface area contributed by atoms with E-state index in [9.17, 15) is 9.59 Å². The molecule has 2 heterocycles. The Kier molecular flexibility index (Phi) is 1.00. The minimum absolute atomic E-state index is 0.203. The summed E-state index contributed by atoms with van der Waals surface area (Å²) in [5.41, 5.74) is -0.792. The lowest BCUT2D eigenvalue weighted by Gasteiger charge is -1.83. The van der Waals surface area contributed by atoms with Crippen LogP contribution in [0, 0.1) is 0 Å². The Hall–Kier alpha value is -1.78. The minimum atomic E-state index is -0.750. The number of fused-ring (bicyclic) bond motifs is 1. The van der Waals surface area contributed by atoms with Gasteiger partial charge in [-0.15, -0.1) is 0 Å². The maximum absolute atomic E-state index is 11.0. The molecule has 2 rings (SSSR count). The van der Waals surface area contributed by atoms with Gasteiger partial charge < -0.3 is 9.51 Å². The average Bonchev–Trinajstić information content (AvgIpc) is 2.45. The fourth-order valence-corrected chi connectivity index (χ4v) is 0.879. The van der Waals surface area contributed by atoms with Gasteiger partial charge in [-0.25, -0.2) is 0 Å². The Morgan fingerprint density at radius 2 is 2.18 bits per heavy atom. The molecule has 2 N–H and O–H groups in total. The summed E-state index contributed by atoms with van der Waals surface area (Å²) < 4.78 is 4.69. The van der Waals surface area contributed by atoms with Gasteiger partial charge in [0.05, 0.1) is 0 Å². The lowest BCUT2D eigenvalue weighted by Crippen LogP contribution is -2.25. The van der Waals surface area contributed by atoms with Crippen LogP contribution in [0.25, 0.3) is 11.1 Å². The monoisotopic (exact) mass is 152 g/mol. The molecule has 0 spiro atoms. The molecule has 0 aliphatic carbocycles. The second-order valence-corrected chi connectivity index (χ2v) is 2.08. The molecule has 0 aliphatic heterocycles. The number of hydrogen-bond donors (Lipinski definition) is 2. The molecule has 0 saturated carbocycles. The van der Waals surface area contributed by atoms with Crippen LogP contribution in [0.15, 0.2) is 26.4 Å². The van der Waals surface area contributed by atoms with Gasteiger partial charge >= 0.3 is 5.56 Å². The maximum Gasteiger partial charge on any atom is 0.326 e. The summed E-state index contributed by atoms with van der Waals surface area (Å²) in [6, 6.07) is 1.56. The molecule has 0 fully saturated rings. The molecule has 0 aliphatic rings. The number of H-pyrrole nitrogens is 2. The molecule has 2 aromatic heterocycles. The number of nitrogens with one attached hydrogen (secondary N) is 2. The first kappa shape index (κ1) is 5.96. The quantitative estimate of drug-likeness (QED) is 0.513. The molecular weight excluding hydrogens is 148 g/mol. The van der Waals surface area contributed by atoms with Gasteiger partial charge in [-0.2, -0.15) is 5.16 Å². The van der Waals surface area contributed by atoms with Crippen molar-refractivity contribution in [3.63, 3.8) is 0 Å². The van der Waals surface area contributed by atoms with Crippen LogP contribution < -0.4 is 11.0 Å². The van der Waals surface area contributed by atoms with Crippen molar-refractivity contribution in [2.75, 3.05) is 0 Å². The molecular formula is C6H4N2O3. The van der Waals surface area contributed by atoms with E-state index in [1.807, 2.05) is 5.16 Å². The fraction of sp³-hybridized carbons (Fsp3) is 0. The highest BCUT2D eigenvalue weighted by molar-refractivity contribution is 5.70. The van der Waals surface area contributed by atoms with E-state index in [2.05, 4.69) is 4.98 Å². The molecule has 5 nitrogen and oxygen atoms in total. The number of rotatable bonds is 0. The highest BCUT2D eigenvalue weighted by Crippen LogP contribution is 2.01. The zero-order chi connectivity index (χ0) is 7.84. The molecule has 2 aromatic rings. The highest BCUT2D eigenvalue weighted by atomic mass is 16.5. The van der Waals surface area contributed by atoms with Gasteiger partial charge in [-0.05, 0) is 0 Å². The van der Waals surface area contributed by atoms with E-state index in [1.165, 1.54) is 6.20 Å². The van der Waals surface area contributed by atoms with Crippen molar-refractivity contribution in [1.82, 2.24) is 10.1 Å². The molecule has 56 valence electrons. The highest BCUT2D eigenvalue weighted by Gasteiger charge is 2.03. The Morgan fingerprint density at radius 1 is 1.36 bits per heavy atom. The van der Waals surface area contributed by atoms with Gasteiger partial charge in [0.1, 0.15) is 5.52 Å². The van der Waals surface area contributed by atoms with E-state index in [4.69, 9.17) is 4.52 Å². The molecule has 0 atom stereocenters. The predicted octanol–water partition coefficient (Wildman–Crippen LogP) is -0.191. The first-order valence-electron chi connectivity index (χ1n) is 2.98. The summed E-state index contributed by atoms with van der Waals surface area (Å²) in [5.74, 6) is 0. The van der Waals surface area contributed by atoms with Gasteiger partial charge in [0.25, 0.3) is 5.43 Å². The van der Waals surface area contributed by atoms with Gasteiger partial charge in [0.15, 0.2) is 5.58 Å². The smallest absolute Gasteiger partial charge is 0.326 e. The summed E-state index contributed by atoms with van der Waals surface area (Å²) in [7, 11) is 0. The van der Waals surface area contributed by atoms with Crippen LogP contribution in [0.4, 0.5) is 0 Å². The summed E-state index contributed by atoms with van der Waals surface area (Å²) >= 11 is 0. The van der Waals surface area contributed by atoms with Crippen LogP contribution in [-0.4, -0.2) is 10.1 Å². The van der Waals surface area contributed by atoms with Crippen molar-refractivity contribution >= 4 is 11.1 Å². The van der Waals surface area contributed by atoms with Gasteiger partial charge in [-0.1, -0.05) is 0 Å². The second-order valence-electron chi connectivity index (χ2n) is 2.08. The summed E-state index contributed by atoms with van der Waals surface area (Å²) in [6.45, 7) is 0. The van der Waals surface area contributed by atoms with E-state index in [-0.39, 0.29) is 5.52 Å². The molecule has 5 heteroatoms. The third kappa shape index (κ3) is 0.706. The normalized spacial score (nSPS) is 10.5. The van der Waals surface area contributed by atoms with E-state index < -0.39 is 11.0 Å². The van der Waals surface area contributed by atoms with E-state index in [0.29, 0.717) is 5.58 Å². The van der Waals surface area contributed by atoms with Gasteiger partial charge in [0, 0.05) is 12.3 Å². The predicted molar refractivity (Wildman–Crippen MR) is 37.5 cm³/mol. The Balaban J connectivity index is 3.17. The van der Waals surface area contributed by atoms with Crippen molar-refractivity contribution in [3.8, 4) is 0 Å². The molecule has 0 bridgehead atoms. The van der Waals surface area contributed by atoms with Crippen LogP contribution in [0.3, 0.4) is 0 Å². The Morgan fingerprint density at radius 3 is 3.00 bits per heavy atom. The SMILES string of the molecule is O=c1[nH]oc2cc[nH]c2c1=O. The van der Waals surface area contributed by atoms with Crippen molar-refractivity contribution in [3.05, 3.63) is 32.8 Å². The maximum atomic E-state index is 11.0. The second kappa shape index (κ2) is 1.85. The van der Waals surface area contributed by atoms with Crippen molar-refractivity contribution in [2.45, 2.75) is 0 Å². The molecule has 0 radical (unpaired) electrons. The molecule has 0 amide bonds. The number of hydrogen-bond acceptors (Lipinski definition) is 3. The zero-order valence-electron chi connectivity index (χ0n) is 5.38.